The van der Waals surface area contributed by atoms with Crippen LogP contribution >= 0.6 is 15.9 Å². The minimum atomic E-state index is 0.514. The van der Waals surface area contributed by atoms with Gasteiger partial charge in [0.2, 0.25) is 0 Å². The normalized spacial score (nSPS) is 10.4. The standard InChI is InChI=1S/C10H10BrN3/c1-6-4-7(2-3-8(6)11)9-5-10(12)14-13-9/h2-5H,1H3,(H3,12,13,14). The summed E-state index contributed by atoms with van der Waals surface area (Å²) in [5.74, 6) is 0.514. The molecule has 0 saturated heterocycles. The number of aromatic amines is 1. The van der Waals surface area contributed by atoms with Crippen molar-refractivity contribution in [3.8, 4) is 11.3 Å². The Hall–Kier alpha value is -1.29. The van der Waals surface area contributed by atoms with E-state index in [2.05, 4.69) is 32.2 Å². The summed E-state index contributed by atoms with van der Waals surface area (Å²) in [7, 11) is 0. The lowest BCUT2D eigenvalue weighted by Gasteiger charge is -2.01. The summed E-state index contributed by atoms with van der Waals surface area (Å²) in [6, 6.07) is 7.94. The molecule has 3 N–H and O–H groups in total. The second-order valence-corrected chi connectivity index (χ2v) is 4.02. The zero-order valence-electron chi connectivity index (χ0n) is 7.71. The zero-order chi connectivity index (χ0) is 10.1. The third kappa shape index (κ3) is 1.65. The van der Waals surface area contributed by atoms with Crippen LogP contribution in [0.3, 0.4) is 0 Å². The molecule has 0 aliphatic carbocycles. The van der Waals surface area contributed by atoms with Crippen LogP contribution in [0.5, 0.6) is 0 Å². The van der Waals surface area contributed by atoms with Gasteiger partial charge in [-0.05, 0) is 30.2 Å². The molecule has 0 atom stereocenters. The van der Waals surface area contributed by atoms with Crippen molar-refractivity contribution in [3.63, 3.8) is 0 Å². The van der Waals surface area contributed by atoms with E-state index >= 15 is 0 Å². The largest absolute Gasteiger partial charge is 0.382 e. The molecule has 0 fully saturated rings. The second kappa shape index (κ2) is 3.46. The number of aromatic nitrogens is 2. The number of hydrogen-bond donors (Lipinski definition) is 2. The van der Waals surface area contributed by atoms with Gasteiger partial charge >= 0.3 is 0 Å². The van der Waals surface area contributed by atoms with Gasteiger partial charge in [-0.3, -0.25) is 5.10 Å². The van der Waals surface area contributed by atoms with Crippen molar-refractivity contribution in [2.24, 2.45) is 0 Å². The Morgan fingerprint density at radius 1 is 1.36 bits per heavy atom. The van der Waals surface area contributed by atoms with Gasteiger partial charge in [-0.25, -0.2) is 0 Å². The number of rotatable bonds is 1. The fourth-order valence-corrected chi connectivity index (χ4v) is 1.54. The number of hydrogen-bond acceptors (Lipinski definition) is 2. The smallest absolute Gasteiger partial charge is 0.145 e. The van der Waals surface area contributed by atoms with E-state index in [9.17, 15) is 0 Å². The average Bonchev–Trinajstić information content (AvgIpc) is 2.57. The molecule has 0 aliphatic rings. The summed E-state index contributed by atoms with van der Waals surface area (Å²) in [5.41, 5.74) is 8.76. The minimum absolute atomic E-state index is 0.514. The van der Waals surface area contributed by atoms with Gasteiger partial charge in [0.25, 0.3) is 0 Å². The number of halogens is 1. The van der Waals surface area contributed by atoms with Gasteiger partial charge in [0.15, 0.2) is 0 Å². The summed E-state index contributed by atoms with van der Waals surface area (Å²) in [5, 5.41) is 6.76. The van der Waals surface area contributed by atoms with Gasteiger partial charge in [-0.2, -0.15) is 5.10 Å². The maximum atomic E-state index is 5.53. The van der Waals surface area contributed by atoms with Crippen LogP contribution in [0.15, 0.2) is 28.7 Å². The molecule has 0 aliphatic heterocycles. The van der Waals surface area contributed by atoms with Crippen LogP contribution in [-0.2, 0) is 0 Å². The summed E-state index contributed by atoms with van der Waals surface area (Å²) in [6.07, 6.45) is 0. The van der Waals surface area contributed by atoms with Gasteiger partial charge in [0, 0.05) is 10.5 Å². The summed E-state index contributed by atoms with van der Waals surface area (Å²) in [6.45, 7) is 2.05. The van der Waals surface area contributed by atoms with E-state index in [1.807, 2.05) is 25.1 Å². The first-order valence-corrected chi connectivity index (χ1v) is 5.03. The van der Waals surface area contributed by atoms with Crippen LogP contribution in [0.4, 0.5) is 5.82 Å². The van der Waals surface area contributed by atoms with Crippen molar-refractivity contribution in [2.75, 3.05) is 5.73 Å². The molecule has 0 saturated carbocycles. The van der Waals surface area contributed by atoms with Crippen molar-refractivity contribution in [2.45, 2.75) is 6.92 Å². The molecule has 1 heterocycles. The van der Waals surface area contributed by atoms with Crippen molar-refractivity contribution in [1.82, 2.24) is 10.2 Å². The molecular formula is C10H10BrN3. The lowest BCUT2D eigenvalue weighted by atomic mass is 10.1. The molecule has 0 unspecified atom stereocenters. The molecule has 0 bridgehead atoms. The molecule has 0 amide bonds. The third-order valence-corrected chi connectivity index (χ3v) is 2.96. The average molecular weight is 252 g/mol. The summed E-state index contributed by atoms with van der Waals surface area (Å²) >= 11 is 3.46. The molecule has 4 heteroatoms. The van der Waals surface area contributed by atoms with E-state index in [4.69, 9.17) is 5.73 Å². The van der Waals surface area contributed by atoms with E-state index in [-0.39, 0.29) is 0 Å². The van der Waals surface area contributed by atoms with Crippen molar-refractivity contribution in [3.05, 3.63) is 34.3 Å². The molecular weight excluding hydrogens is 242 g/mol. The number of nitrogens with zero attached hydrogens (tertiary/aromatic N) is 1. The van der Waals surface area contributed by atoms with E-state index in [1.165, 1.54) is 5.56 Å². The number of anilines is 1. The van der Waals surface area contributed by atoms with E-state index in [0.717, 1.165) is 15.7 Å². The van der Waals surface area contributed by atoms with Crippen LogP contribution in [0, 0.1) is 6.92 Å². The fourth-order valence-electron chi connectivity index (χ4n) is 1.30. The van der Waals surface area contributed by atoms with E-state index in [0.29, 0.717) is 5.82 Å². The molecule has 14 heavy (non-hydrogen) atoms. The van der Waals surface area contributed by atoms with Gasteiger partial charge in [0.1, 0.15) is 5.82 Å². The number of nitrogens with two attached hydrogens (primary N) is 1. The first kappa shape index (κ1) is 9.27. The first-order chi connectivity index (χ1) is 6.66. The topological polar surface area (TPSA) is 54.7 Å². The quantitative estimate of drug-likeness (QED) is 0.819. The molecule has 0 radical (unpaired) electrons. The Kier molecular flexibility index (Phi) is 2.29. The first-order valence-electron chi connectivity index (χ1n) is 4.24. The number of nitrogen functional groups attached to an aromatic ring is 1. The maximum absolute atomic E-state index is 5.53. The number of nitrogens with one attached hydrogen (secondary N) is 1. The van der Waals surface area contributed by atoms with Gasteiger partial charge in [-0.1, -0.05) is 22.0 Å². The molecule has 1 aromatic carbocycles. The Bertz CT molecular complexity index is 462. The van der Waals surface area contributed by atoms with E-state index < -0.39 is 0 Å². The van der Waals surface area contributed by atoms with Crippen molar-refractivity contribution in [1.29, 1.82) is 0 Å². The Balaban J connectivity index is 2.47. The Labute approximate surface area is 90.5 Å². The highest BCUT2D eigenvalue weighted by Gasteiger charge is 2.02. The van der Waals surface area contributed by atoms with Crippen molar-refractivity contribution < 1.29 is 0 Å². The molecule has 2 aromatic rings. The number of benzene rings is 1. The summed E-state index contributed by atoms with van der Waals surface area (Å²) in [4.78, 5) is 0. The fraction of sp³-hybridized carbons (Fsp3) is 0.100. The van der Waals surface area contributed by atoms with Gasteiger partial charge < -0.3 is 5.73 Å². The van der Waals surface area contributed by atoms with Crippen LogP contribution in [-0.4, -0.2) is 10.2 Å². The minimum Gasteiger partial charge on any atom is -0.382 e. The monoisotopic (exact) mass is 251 g/mol. The third-order valence-electron chi connectivity index (χ3n) is 2.07. The van der Waals surface area contributed by atoms with Crippen molar-refractivity contribution >= 4 is 21.7 Å². The van der Waals surface area contributed by atoms with Crippen LogP contribution < -0.4 is 5.73 Å². The predicted octanol–water partition coefficient (Wildman–Crippen LogP) is 2.73. The summed E-state index contributed by atoms with van der Waals surface area (Å²) < 4.78 is 1.11. The zero-order valence-corrected chi connectivity index (χ0v) is 9.30. The maximum Gasteiger partial charge on any atom is 0.145 e. The van der Waals surface area contributed by atoms with Gasteiger partial charge in [0.05, 0.1) is 5.69 Å². The van der Waals surface area contributed by atoms with Crippen LogP contribution in [0.25, 0.3) is 11.3 Å². The Morgan fingerprint density at radius 2 is 2.14 bits per heavy atom. The second-order valence-electron chi connectivity index (χ2n) is 3.17. The Morgan fingerprint density at radius 3 is 2.71 bits per heavy atom. The predicted molar refractivity (Wildman–Crippen MR) is 60.9 cm³/mol. The molecule has 3 nitrogen and oxygen atoms in total. The molecule has 2 rings (SSSR count). The SMILES string of the molecule is Cc1cc(-c2cc(N)n[nH]2)ccc1Br. The van der Waals surface area contributed by atoms with Crippen LogP contribution in [0.2, 0.25) is 0 Å². The van der Waals surface area contributed by atoms with E-state index in [1.54, 1.807) is 0 Å². The highest BCUT2D eigenvalue weighted by Crippen LogP contribution is 2.24. The highest BCUT2D eigenvalue weighted by molar-refractivity contribution is 9.10. The lowest BCUT2D eigenvalue weighted by Crippen LogP contribution is -1.81. The highest BCUT2D eigenvalue weighted by atomic mass is 79.9. The molecule has 1 aromatic heterocycles. The van der Waals surface area contributed by atoms with Gasteiger partial charge in [-0.15, -0.1) is 0 Å². The molecule has 0 spiro atoms. The molecule has 72 valence electrons. The number of aryl methyl sites for hydroxylation is 1. The van der Waals surface area contributed by atoms with Crippen LogP contribution in [0.1, 0.15) is 5.56 Å². The lowest BCUT2D eigenvalue weighted by molar-refractivity contribution is 1.10. The number of H-pyrrole nitrogens is 1.